The average Bonchev–Trinajstić information content (AvgIpc) is 2.55. The molecule has 122 valence electrons. The van der Waals surface area contributed by atoms with Gasteiger partial charge >= 0.3 is 0 Å². The third kappa shape index (κ3) is 7.75. The monoisotopic (exact) mass is 306 g/mol. The molecule has 0 fully saturated rings. The van der Waals surface area contributed by atoms with Crippen LogP contribution in [0.4, 0.5) is 0 Å². The van der Waals surface area contributed by atoms with E-state index in [1.165, 1.54) is 0 Å². The number of aryl methyl sites for hydroxylation is 1. The van der Waals surface area contributed by atoms with Crippen LogP contribution < -0.4 is 22.3 Å². The lowest BCUT2D eigenvalue weighted by Gasteiger charge is -2.13. The molecule has 0 spiro atoms. The van der Waals surface area contributed by atoms with Crippen LogP contribution in [0.15, 0.2) is 30.3 Å². The van der Waals surface area contributed by atoms with Crippen LogP contribution in [0.5, 0.6) is 0 Å². The van der Waals surface area contributed by atoms with E-state index < -0.39 is 6.04 Å². The molecule has 0 aromatic heterocycles. The van der Waals surface area contributed by atoms with Gasteiger partial charge in [-0.3, -0.25) is 20.4 Å². The number of hydrogen-bond donors (Lipinski definition) is 4. The maximum Gasteiger partial charge on any atom is 0.255 e. The fraction of sp³-hybridized carbons (Fsp3) is 0.500. The number of hydrazine groups is 1. The summed E-state index contributed by atoms with van der Waals surface area (Å²) < 4.78 is 0. The number of carbonyl (C=O) groups excluding carboxylic acids is 2. The summed E-state index contributed by atoms with van der Waals surface area (Å²) in [5.74, 6) is -0.577. The summed E-state index contributed by atoms with van der Waals surface area (Å²) in [6.07, 6.45) is 4.21. The van der Waals surface area contributed by atoms with Crippen LogP contribution in [0.2, 0.25) is 0 Å². The molecule has 0 unspecified atom stereocenters. The molecule has 0 saturated carbocycles. The molecule has 1 aromatic rings. The van der Waals surface area contributed by atoms with Gasteiger partial charge in [-0.2, -0.15) is 0 Å². The van der Waals surface area contributed by atoms with Gasteiger partial charge in [0.25, 0.3) is 5.91 Å². The van der Waals surface area contributed by atoms with Crippen molar-refractivity contribution in [3.63, 3.8) is 0 Å². The van der Waals surface area contributed by atoms with E-state index in [0.29, 0.717) is 19.4 Å². The van der Waals surface area contributed by atoms with Crippen LogP contribution in [-0.4, -0.2) is 24.4 Å². The van der Waals surface area contributed by atoms with Gasteiger partial charge in [0.05, 0.1) is 6.04 Å². The summed E-state index contributed by atoms with van der Waals surface area (Å²) >= 11 is 0. The van der Waals surface area contributed by atoms with Gasteiger partial charge in [-0.25, -0.2) is 0 Å². The standard InChI is InChI=1S/C16H26N4O2/c17-12-6-2-5-9-15(21)19-20-16(22)14(18)11-10-13-7-3-1-4-8-13/h1,3-4,7-8,14H,2,5-6,9-12,17-18H2,(H,19,21)(H,20,22)/t14-/m1/s1. The molecule has 0 aliphatic rings. The zero-order chi connectivity index (χ0) is 16.2. The molecule has 0 bridgehead atoms. The van der Waals surface area contributed by atoms with Crippen molar-refractivity contribution in [2.75, 3.05) is 6.54 Å². The second-order valence-electron chi connectivity index (χ2n) is 5.27. The molecule has 6 N–H and O–H groups in total. The summed E-state index contributed by atoms with van der Waals surface area (Å²) in [6, 6.07) is 9.19. The first-order chi connectivity index (χ1) is 10.6. The van der Waals surface area contributed by atoms with Crippen LogP contribution in [0.1, 0.15) is 37.7 Å². The van der Waals surface area contributed by atoms with Gasteiger partial charge < -0.3 is 11.5 Å². The summed E-state index contributed by atoms with van der Waals surface area (Å²) in [7, 11) is 0. The molecule has 0 saturated heterocycles. The molecule has 1 aromatic carbocycles. The number of nitrogens with two attached hydrogens (primary N) is 2. The van der Waals surface area contributed by atoms with Gasteiger partial charge in [-0.1, -0.05) is 36.8 Å². The molecule has 0 heterocycles. The highest BCUT2D eigenvalue weighted by molar-refractivity contribution is 5.85. The van der Waals surface area contributed by atoms with Gasteiger partial charge in [0.15, 0.2) is 0 Å². The molecule has 1 rings (SSSR count). The van der Waals surface area contributed by atoms with E-state index in [0.717, 1.165) is 31.2 Å². The third-order valence-electron chi connectivity index (χ3n) is 3.36. The normalized spacial score (nSPS) is 11.7. The predicted molar refractivity (Wildman–Crippen MR) is 86.5 cm³/mol. The fourth-order valence-corrected chi connectivity index (χ4v) is 1.99. The fourth-order valence-electron chi connectivity index (χ4n) is 1.99. The number of hydrogen-bond acceptors (Lipinski definition) is 4. The molecule has 22 heavy (non-hydrogen) atoms. The first-order valence-electron chi connectivity index (χ1n) is 7.71. The lowest BCUT2D eigenvalue weighted by Crippen LogP contribution is -2.49. The molecule has 0 aliphatic carbocycles. The zero-order valence-corrected chi connectivity index (χ0v) is 12.9. The molecule has 0 radical (unpaired) electrons. The number of amides is 2. The Morgan fingerprint density at radius 3 is 2.45 bits per heavy atom. The van der Waals surface area contributed by atoms with Crippen LogP contribution in [0, 0.1) is 0 Å². The average molecular weight is 306 g/mol. The zero-order valence-electron chi connectivity index (χ0n) is 12.9. The van der Waals surface area contributed by atoms with Gasteiger partial charge in [0.1, 0.15) is 0 Å². The highest BCUT2D eigenvalue weighted by atomic mass is 16.2. The van der Waals surface area contributed by atoms with E-state index in [1.807, 2.05) is 30.3 Å². The second-order valence-corrected chi connectivity index (χ2v) is 5.27. The smallest absolute Gasteiger partial charge is 0.255 e. The third-order valence-corrected chi connectivity index (χ3v) is 3.36. The largest absolute Gasteiger partial charge is 0.330 e. The number of nitrogens with one attached hydrogen (secondary N) is 2. The minimum Gasteiger partial charge on any atom is -0.330 e. The number of unbranched alkanes of at least 4 members (excludes halogenated alkanes) is 2. The first-order valence-corrected chi connectivity index (χ1v) is 7.71. The van der Waals surface area contributed by atoms with Crippen LogP contribution in [-0.2, 0) is 16.0 Å². The van der Waals surface area contributed by atoms with Crippen molar-refractivity contribution in [1.82, 2.24) is 10.9 Å². The maximum atomic E-state index is 11.8. The van der Waals surface area contributed by atoms with Gasteiger partial charge in [0.2, 0.25) is 5.91 Å². The topological polar surface area (TPSA) is 110 Å². The highest BCUT2D eigenvalue weighted by Crippen LogP contribution is 2.04. The van der Waals surface area contributed by atoms with Crippen molar-refractivity contribution in [1.29, 1.82) is 0 Å². The van der Waals surface area contributed by atoms with E-state index in [1.54, 1.807) is 0 Å². The lowest BCUT2D eigenvalue weighted by molar-refractivity contribution is -0.129. The molecule has 2 amide bonds. The lowest BCUT2D eigenvalue weighted by atomic mass is 10.1. The minimum atomic E-state index is -0.641. The molecule has 1 atom stereocenters. The van der Waals surface area contributed by atoms with E-state index in [2.05, 4.69) is 10.9 Å². The Kier molecular flexibility index (Phi) is 8.86. The minimum absolute atomic E-state index is 0.208. The Hall–Kier alpha value is -1.92. The van der Waals surface area contributed by atoms with Crippen molar-refractivity contribution < 1.29 is 9.59 Å². The Morgan fingerprint density at radius 1 is 1.05 bits per heavy atom. The summed E-state index contributed by atoms with van der Waals surface area (Å²) in [5, 5.41) is 0. The van der Waals surface area contributed by atoms with E-state index in [-0.39, 0.29) is 11.8 Å². The van der Waals surface area contributed by atoms with E-state index in [9.17, 15) is 9.59 Å². The van der Waals surface area contributed by atoms with E-state index in [4.69, 9.17) is 11.5 Å². The second kappa shape index (κ2) is 10.8. The van der Waals surface area contributed by atoms with Crippen molar-refractivity contribution in [2.45, 2.75) is 44.6 Å². The van der Waals surface area contributed by atoms with Crippen LogP contribution >= 0.6 is 0 Å². The van der Waals surface area contributed by atoms with Gasteiger partial charge in [0, 0.05) is 6.42 Å². The predicted octanol–water partition coefficient (Wildman–Crippen LogP) is 0.613. The van der Waals surface area contributed by atoms with Gasteiger partial charge in [-0.15, -0.1) is 0 Å². The SMILES string of the molecule is NCCCCCC(=O)NNC(=O)[C@H](N)CCc1ccccc1. The molecular formula is C16H26N4O2. The van der Waals surface area contributed by atoms with Gasteiger partial charge in [-0.05, 0) is 37.8 Å². The summed E-state index contributed by atoms with van der Waals surface area (Å²) in [4.78, 5) is 23.3. The van der Waals surface area contributed by atoms with Crippen molar-refractivity contribution in [2.24, 2.45) is 11.5 Å². The number of rotatable bonds is 9. The van der Waals surface area contributed by atoms with E-state index >= 15 is 0 Å². The first kappa shape index (κ1) is 18.1. The molecule has 6 heteroatoms. The number of benzene rings is 1. The quantitative estimate of drug-likeness (QED) is 0.396. The Balaban J connectivity index is 2.17. The van der Waals surface area contributed by atoms with Crippen molar-refractivity contribution in [3.05, 3.63) is 35.9 Å². The Labute approximate surface area is 131 Å². The van der Waals surface area contributed by atoms with Crippen LogP contribution in [0.25, 0.3) is 0 Å². The molecule has 0 aliphatic heterocycles. The highest BCUT2D eigenvalue weighted by Gasteiger charge is 2.13. The summed E-state index contributed by atoms with van der Waals surface area (Å²) in [5.41, 5.74) is 17.1. The Bertz CT molecular complexity index is 451. The Morgan fingerprint density at radius 2 is 1.77 bits per heavy atom. The molecular weight excluding hydrogens is 280 g/mol. The van der Waals surface area contributed by atoms with Crippen molar-refractivity contribution >= 4 is 11.8 Å². The maximum absolute atomic E-state index is 11.8. The molecule has 6 nitrogen and oxygen atoms in total. The number of carbonyl (C=O) groups is 2. The van der Waals surface area contributed by atoms with Crippen molar-refractivity contribution in [3.8, 4) is 0 Å². The van der Waals surface area contributed by atoms with Crippen LogP contribution in [0.3, 0.4) is 0 Å². The summed E-state index contributed by atoms with van der Waals surface area (Å²) in [6.45, 7) is 0.634.